The summed E-state index contributed by atoms with van der Waals surface area (Å²) < 4.78 is 86.9. The predicted molar refractivity (Wildman–Crippen MR) is 125 cm³/mol. The van der Waals surface area contributed by atoms with E-state index in [1.807, 2.05) is 0 Å². The maximum atomic E-state index is 14.0. The normalized spacial score (nSPS) is 14.9. The Labute approximate surface area is 211 Å². The van der Waals surface area contributed by atoms with Crippen molar-refractivity contribution in [3.05, 3.63) is 74.2 Å². The lowest BCUT2D eigenvalue weighted by atomic mass is 10.0. The van der Waals surface area contributed by atoms with Crippen molar-refractivity contribution in [1.82, 2.24) is 14.0 Å². The van der Waals surface area contributed by atoms with Gasteiger partial charge in [-0.05, 0) is 54.8 Å². The number of fused-ring (bicyclic) bond motifs is 1. The van der Waals surface area contributed by atoms with Crippen molar-refractivity contribution in [2.24, 2.45) is 0 Å². The smallest absolute Gasteiger partial charge is 0.416 e. The van der Waals surface area contributed by atoms with Crippen LogP contribution >= 0.6 is 0 Å². The molecule has 3 aromatic rings. The fraction of sp³-hybridized carbons (Fsp3) is 0.400. The third-order valence-electron chi connectivity index (χ3n) is 6.43. The lowest BCUT2D eigenvalue weighted by Crippen LogP contribution is -2.44. The largest absolute Gasteiger partial charge is 0.485 e. The van der Waals surface area contributed by atoms with Crippen LogP contribution in [-0.4, -0.2) is 53.0 Å². The lowest BCUT2D eigenvalue weighted by molar-refractivity contribution is -0.137. The summed E-state index contributed by atoms with van der Waals surface area (Å²) in [5.74, 6) is -1.24. The first-order valence-corrected chi connectivity index (χ1v) is 11.7. The first-order chi connectivity index (χ1) is 18.0. The Kier molecular flexibility index (Phi) is 7.83. The number of hydrogen-bond donors (Lipinski definition) is 0. The number of nitrogens with zero attached hydrogens (tertiary/aromatic N) is 3. The van der Waals surface area contributed by atoms with Crippen LogP contribution in [0.15, 0.2) is 46.0 Å². The third kappa shape index (κ3) is 5.55. The number of halogens is 6. The summed E-state index contributed by atoms with van der Waals surface area (Å²) in [6.45, 7) is -2.26. The van der Waals surface area contributed by atoms with Crippen molar-refractivity contribution >= 4 is 17.3 Å². The van der Waals surface area contributed by atoms with Crippen LogP contribution in [0.5, 0.6) is 5.75 Å². The molecule has 0 saturated carbocycles. The van der Waals surface area contributed by atoms with E-state index in [0.29, 0.717) is 49.0 Å². The van der Waals surface area contributed by atoms with Crippen LogP contribution in [-0.2, 0) is 17.5 Å². The van der Waals surface area contributed by atoms with Gasteiger partial charge in [-0.25, -0.2) is 18.0 Å². The molecule has 38 heavy (non-hydrogen) atoms. The van der Waals surface area contributed by atoms with Gasteiger partial charge >= 0.3 is 11.9 Å². The molecule has 1 amide bonds. The number of rotatable bonds is 8. The Bertz CT molecular complexity index is 1440. The minimum absolute atomic E-state index is 0.0486. The van der Waals surface area contributed by atoms with Gasteiger partial charge in [-0.2, -0.15) is 13.2 Å². The highest BCUT2D eigenvalue weighted by molar-refractivity contribution is 5.80. The topological polar surface area (TPSA) is 73.5 Å². The quantitative estimate of drug-likeness (QED) is 0.320. The zero-order chi connectivity index (χ0) is 27.6. The number of amides is 1. The van der Waals surface area contributed by atoms with E-state index >= 15 is 0 Å². The Morgan fingerprint density at radius 1 is 1.03 bits per heavy atom. The molecule has 0 spiro atoms. The van der Waals surface area contributed by atoms with Gasteiger partial charge in [0.15, 0.2) is 6.10 Å². The highest BCUT2D eigenvalue weighted by Gasteiger charge is 2.32. The molecular formula is C25H23F6N3O4. The van der Waals surface area contributed by atoms with Gasteiger partial charge < -0.3 is 9.64 Å². The summed E-state index contributed by atoms with van der Waals surface area (Å²) in [6, 6.07) is 5.23. The van der Waals surface area contributed by atoms with Gasteiger partial charge in [0.05, 0.1) is 23.0 Å². The molecule has 1 aliphatic rings. The van der Waals surface area contributed by atoms with Crippen molar-refractivity contribution in [2.75, 3.05) is 26.4 Å². The first kappa shape index (κ1) is 27.3. The molecule has 2 heterocycles. The zero-order valence-electron chi connectivity index (χ0n) is 19.9. The second kappa shape index (κ2) is 10.9. The summed E-state index contributed by atoms with van der Waals surface area (Å²) in [5.41, 5.74) is -3.08. The molecule has 0 aliphatic carbocycles. The van der Waals surface area contributed by atoms with Crippen molar-refractivity contribution in [1.29, 1.82) is 0 Å². The molecule has 0 bridgehead atoms. The fourth-order valence-electron chi connectivity index (χ4n) is 4.56. The molecule has 7 nitrogen and oxygen atoms in total. The average molecular weight is 543 g/mol. The predicted octanol–water partition coefficient (Wildman–Crippen LogP) is 3.85. The van der Waals surface area contributed by atoms with E-state index in [4.69, 9.17) is 4.74 Å². The maximum Gasteiger partial charge on any atom is 0.416 e. The van der Waals surface area contributed by atoms with Crippen LogP contribution in [0.4, 0.5) is 26.3 Å². The van der Waals surface area contributed by atoms with Crippen LogP contribution in [0.1, 0.15) is 30.0 Å². The maximum absolute atomic E-state index is 14.0. The molecule has 2 aromatic carbocycles. The monoisotopic (exact) mass is 543 g/mol. The number of aromatic nitrogens is 2. The Hall–Kier alpha value is -3.77. The summed E-state index contributed by atoms with van der Waals surface area (Å²) in [5, 5.41) is -0.0798. The Balaban J connectivity index is 1.88. The second-order valence-corrected chi connectivity index (χ2v) is 8.99. The summed E-state index contributed by atoms with van der Waals surface area (Å²) >= 11 is 0. The molecule has 4 rings (SSSR count). The minimum atomic E-state index is -4.85. The van der Waals surface area contributed by atoms with Gasteiger partial charge in [0.2, 0.25) is 6.41 Å². The van der Waals surface area contributed by atoms with E-state index in [9.17, 15) is 40.7 Å². The van der Waals surface area contributed by atoms with Gasteiger partial charge in [0, 0.05) is 19.1 Å². The van der Waals surface area contributed by atoms with Crippen molar-refractivity contribution < 1.29 is 35.9 Å². The van der Waals surface area contributed by atoms with E-state index in [2.05, 4.69) is 0 Å². The van der Waals surface area contributed by atoms with Crippen LogP contribution in [0.25, 0.3) is 10.9 Å². The number of carbonyl (C=O) groups excluding carboxylic acids is 1. The standard InChI is InChI=1S/C25H23F6N3O4/c26-11-20(12-27)38-19-1-2-22-21(10-19)23(36)33(13-15-7-16(25(29,30)31)9-17(28)8-15)24(37)34(22)18-3-5-32(14-35)6-4-18/h1-2,7-10,14,18,20H,3-6,11-13H2. The number of hydrogen-bond acceptors (Lipinski definition) is 4. The summed E-state index contributed by atoms with van der Waals surface area (Å²) in [7, 11) is 0. The Morgan fingerprint density at radius 3 is 2.32 bits per heavy atom. The SMILES string of the molecule is O=CN1CCC(n2c(=O)n(Cc3cc(F)cc(C(F)(F)F)c3)c(=O)c3cc(OC(CF)CF)ccc32)CC1. The van der Waals surface area contributed by atoms with Crippen LogP contribution in [0.3, 0.4) is 0 Å². The molecule has 0 unspecified atom stereocenters. The molecule has 0 N–H and O–H groups in total. The van der Waals surface area contributed by atoms with E-state index in [0.717, 1.165) is 6.07 Å². The van der Waals surface area contributed by atoms with Gasteiger partial charge in [-0.15, -0.1) is 0 Å². The average Bonchev–Trinajstić information content (AvgIpc) is 2.89. The van der Waals surface area contributed by atoms with E-state index in [1.165, 1.54) is 27.7 Å². The number of benzene rings is 2. The molecule has 1 aliphatic heterocycles. The van der Waals surface area contributed by atoms with Gasteiger partial charge in [0.1, 0.15) is 24.9 Å². The summed E-state index contributed by atoms with van der Waals surface area (Å²) in [6.07, 6.45) is -4.88. The van der Waals surface area contributed by atoms with Crippen LogP contribution < -0.4 is 16.0 Å². The van der Waals surface area contributed by atoms with Crippen LogP contribution in [0.2, 0.25) is 0 Å². The summed E-state index contributed by atoms with van der Waals surface area (Å²) in [4.78, 5) is 39.6. The van der Waals surface area contributed by atoms with Crippen molar-refractivity contribution in [3.8, 4) is 5.75 Å². The molecule has 1 aromatic heterocycles. The zero-order valence-corrected chi connectivity index (χ0v) is 19.9. The Morgan fingerprint density at radius 2 is 1.71 bits per heavy atom. The highest BCUT2D eigenvalue weighted by atomic mass is 19.4. The first-order valence-electron chi connectivity index (χ1n) is 11.7. The molecule has 0 radical (unpaired) electrons. The lowest BCUT2D eigenvalue weighted by Gasteiger charge is -2.31. The minimum Gasteiger partial charge on any atom is -0.485 e. The van der Waals surface area contributed by atoms with Crippen molar-refractivity contribution in [2.45, 2.75) is 37.7 Å². The van der Waals surface area contributed by atoms with E-state index in [-0.39, 0.29) is 22.2 Å². The number of carbonyl (C=O) groups is 1. The van der Waals surface area contributed by atoms with Crippen molar-refractivity contribution in [3.63, 3.8) is 0 Å². The molecule has 204 valence electrons. The molecule has 13 heteroatoms. The van der Waals surface area contributed by atoms with E-state index < -0.39 is 60.8 Å². The molecular weight excluding hydrogens is 520 g/mol. The number of piperidine rings is 1. The van der Waals surface area contributed by atoms with Gasteiger partial charge in [-0.3, -0.25) is 18.7 Å². The molecule has 1 fully saturated rings. The van der Waals surface area contributed by atoms with Crippen LogP contribution in [0, 0.1) is 5.82 Å². The number of ether oxygens (including phenoxy) is 1. The fourth-order valence-corrected chi connectivity index (χ4v) is 4.56. The van der Waals surface area contributed by atoms with Gasteiger partial charge in [-0.1, -0.05) is 0 Å². The van der Waals surface area contributed by atoms with Gasteiger partial charge in [0.25, 0.3) is 5.56 Å². The molecule has 1 saturated heterocycles. The second-order valence-electron chi connectivity index (χ2n) is 8.99. The molecule has 0 atom stereocenters. The number of likely N-dealkylation sites (tertiary alicyclic amines) is 1. The van der Waals surface area contributed by atoms with E-state index in [1.54, 1.807) is 0 Å². The highest BCUT2D eigenvalue weighted by Crippen LogP contribution is 2.31. The number of alkyl halides is 5. The third-order valence-corrected chi connectivity index (χ3v) is 6.43.